The van der Waals surface area contributed by atoms with Crippen LogP contribution in [-0.4, -0.2) is 55.1 Å². The molecule has 2 fully saturated rings. The Morgan fingerprint density at radius 1 is 1.42 bits per heavy atom. The van der Waals surface area contributed by atoms with E-state index >= 15 is 0 Å². The van der Waals surface area contributed by atoms with Gasteiger partial charge in [-0.05, 0) is 45.6 Å². The summed E-state index contributed by atoms with van der Waals surface area (Å²) in [4.78, 5) is 13.0. The zero-order chi connectivity index (χ0) is 13.7. The van der Waals surface area contributed by atoms with E-state index in [9.17, 15) is 4.79 Å². The maximum atomic E-state index is 10.9. The second-order valence-corrected chi connectivity index (χ2v) is 6.11. The summed E-state index contributed by atoms with van der Waals surface area (Å²) < 4.78 is 0. The zero-order valence-corrected chi connectivity index (χ0v) is 12.0. The van der Waals surface area contributed by atoms with Crippen molar-refractivity contribution in [1.82, 2.24) is 15.5 Å². The van der Waals surface area contributed by atoms with E-state index < -0.39 is 0 Å². The van der Waals surface area contributed by atoms with Crippen LogP contribution in [0.1, 0.15) is 39.0 Å². The quantitative estimate of drug-likeness (QED) is 0.637. The third-order valence-electron chi connectivity index (χ3n) is 4.29. The summed E-state index contributed by atoms with van der Waals surface area (Å²) in [6, 6.07) is 1.88. The van der Waals surface area contributed by atoms with E-state index in [0.29, 0.717) is 24.7 Å². The summed E-state index contributed by atoms with van der Waals surface area (Å²) in [5.74, 6) is -0.216. The van der Waals surface area contributed by atoms with Crippen LogP contribution in [0.3, 0.4) is 0 Å². The van der Waals surface area contributed by atoms with Crippen molar-refractivity contribution in [2.45, 2.75) is 57.2 Å². The fourth-order valence-electron chi connectivity index (χ4n) is 3.33. The highest BCUT2D eigenvalue weighted by molar-refractivity contribution is 5.75. The molecule has 5 nitrogen and oxygen atoms in total. The molecule has 2 atom stereocenters. The predicted octanol–water partition coefficient (Wildman–Crippen LogP) is 0.0563. The summed E-state index contributed by atoms with van der Waals surface area (Å²) in [6.45, 7) is 5.84. The van der Waals surface area contributed by atoms with E-state index in [1.165, 1.54) is 25.8 Å². The maximum Gasteiger partial charge on any atom is 0.231 e. The lowest BCUT2D eigenvalue weighted by atomic mass is 10.0. The van der Waals surface area contributed by atoms with Crippen LogP contribution >= 0.6 is 0 Å². The molecule has 5 heteroatoms. The molecule has 110 valence electrons. The smallest absolute Gasteiger partial charge is 0.231 e. The van der Waals surface area contributed by atoms with Crippen molar-refractivity contribution in [2.75, 3.05) is 26.2 Å². The first kappa shape index (κ1) is 14.8. The van der Waals surface area contributed by atoms with Crippen molar-refractivity contribution in [3.05, 3.63) is 0 Å². The summed E-state index contributed by atoms with van der Waals surface area (Å²) in [5.41, 5.74) is 5.23. The predicted molar refractivity (Wildman–Crippen MR) is 76.9 cm³/mol. The molecule has 2 saturated heterocycles. The van der Waals surface area contributed by atoms with Gasteiger partial charge in [-0.1, -0.05) is 0 Å². The Balaban J connectivity index is 1.62. The van der Waals surface area contributed by atoms with E-state index in [2.05, 4.69) is 22.5 Å². The number of nitrogens with one attached hydrogen (secondary N) is 2. The number of hydrogen-bond acceptors (Lipinski definition) is 4. The standard InChI is InChI=1S/C14H28N4O/c1-11(9-13-3-2-6-16-13)17-12-4-7-18(8-5-12)10-14(15)19/h11-13,16-17H,2-10H2,1H3,(H2,15,19). The van der Waals surface area contributed by atoms with Crippen molar-refractivity contribution in [3.8, 4) is 0 Å². The van der Waals surface area contributed by atoms with Gasteiger partial charge in [-0.2, -0.15) is 0 Å². The van der Waals surface area contributed by atoms with Crippen molar-refractivity contribution < 1.29 is 4.79 Å². The fourth-order valence-corrected chi connectivity index (χ4v) is 3.33. The Kier molecular flexibility index (Phi) is 5.60. The minimum Gasteiger partial charge on any atom is -0.369 e. The summed E-state index contributed by atoms with van der Waals surface area (Å²) in [5, 5.41) is 7.29. The van der Waals surface area contributed by atoms with E-state index in [1.807, 2.05) is 0 Å². The molecule has 0 bridgehead atoms. The molecular weight excluding hydrogens is 240 g/mol. The molecule has 0 aromatic carbocycles. The van der Waals surface area contributed by atoms with Gasteiger partial charge in [0.05, 0.1) is 6.54 Å². The van der Waals surface area contributed by atoms with Gasteiger partial charge in [0, 0.05) is 31.2 Å². The van der Waals surface area contributed by atoms with Crippen molar-refractivity contribution in [3.63, 3.8) is 0 Å². The summed E-state index contributed by atoms with van der Waals surface area (Å²) in [7, 11) is 0. The van der Waals surface area contributed by atoms with Gasteiger partial charge in [-0.25, -0.2) is 0 Å². The molecule has 19 heavy (non-hydrogen) atoms. The number of likely N-dealkylation sites (tertiary alicyclic amines) is 1. The monoisotopic (exact) mass is 268 g/mol. The molecule has 2 aliphatic rings. The third kappa shape index (κ3) is 5.09. The van der Waals surface area contributed by atoms with Crippen LogP contribution in [0.25, 0.3) is 0 Å². The van der Waals surface area contributed by atoms with Crippen LogP contribution in [0, 0.1) is 0 Å². The van der Waals surface area contributed by atoms with Gasteiger partial charge in [-0.3, -0.25) is 9.69 Å². The fraction of sp³-hybridized carbons (Fsp3) is 0.929. The largest absolute Gasteiger partial charge is 0.369 e. The number of rotatable bonds is 6. The molecule has 0 spiro atoms. The van der Waals surface area contributed by atoms with Gasteiger partial charge in [0.25, 0.3) is 0 Å². The normalized spacial score (nSPS) is 27.5. The molecule has 2 unspecified atom stereocenters. The van der Waals surface area contributed by atoms with Crippen LogP contribution in [0.5, 0.6) is 0 Å². The van der Waals surface area contributed by atoms with Gasteiger partial charge in [0.15, 0.2) is 0 Å². The topological polar surface area (TPSA) is 70.4 Å². The summed E-state index contributed by atoms with van der Waals surface area (Å²) >= 11 is 0. The molecule has 0 aliphatic carbocycles. The summed E-state index contributed by atoms with van der Waals surface area (Å²) in [6.07, 6.45) is 6.11. The molecule has 0 aromatic heterocycles. The second kappa shape index (κ2) is 7.22. The Bertz CT molecular complexity index is 283. The minimum atomic E-state index is -0.216. The molecular formula is C14H28N4O. The van der Waals surface area contributed by atoms with Crippen LogP contribution in [0.4, 0.5) is 0 Å². The molecule has 2 heterocycles. The first-order valence-electron chi connectivity index (χ1n) is 7.63. The van der Waals surface area contributed by atoms with Gasteiger partial charge in [-0.15, -0.1) is 0 Å². The zero-order valence-electron chi connectivity index (χ0n) is 12.0. The molecule has 0 radical (unpaired) electrons. The van der Waals surface area contributed by atoms with Crippen LogP contribution in [0.2, 0.25) is 0 Å². The van der Waals surface area contributed by atoms with Crippen LogP contribution in [-0.2, 0) is 4.79 Å². The number of nitrogens with zero attached hydrogens (tertiary/aromatic N) is 1. The minimum absolute atomic E-state index is 0.216. The van der Waals surface area contributed by atoms with Crippen molar-refractivity contribution in [2.24, 2.45) is 5.73 Å². The lowest BCUT2D eigenvalue weighted by molar-refractivity contribution is -0.119. The number of piperidine rings is 1. The number of amides is 1. The van der Waals surface area contributed by atoms with Gasteiger partial charge in [0.1, 0.15) is 0 Å². The number of primary amides is 1. The average Bonchev–Trinajstić information content (AvgIpc) is 2.83. The Morgan fingerprint density at radius 2 is 2.16 bits per heavy atom. The lowest BCUT2D eigenvalue weighted by Crippen LogP contribution is -2.48. The van der Waals surface area contributed by atoms with E-state index in [0.717, 1.165) is 25.9 Å². The van der Waals surface area contributed by atoms with E-state index in [4.69, 9.17) is 5.73 Å². The van der Waals surface area contributed by atoms with Gasteiger partial charge < -0.3 is 16.4 Å². The van der Waals surface area contributed by atoms with Gasteiger partial charge in [0.2, 0.25) is 5.91 Å². The van der Waals surface area contributed by atoms with E-state index in [1.54, 1.807) is 0 Å². The Hall–Kier alpha value is -0.650. The highest BCUT2D eigenvalue weighted by Gasteiger charge is 2.23. The highest BCUT2D eigenvalue weighted by atomic mass is 16.1. The van der Waals surface area contributed by atoms with Crippen molar-refractivity contribution in [1.29, 1.82) is 0 Å². The van der Waals surface area contributed by atoms with Crippen LogP contribution in [0.15, 0.2) is 0 Å². The molecule has 1 amide bonds. The number of hydrogen-bond donors (Lipinski definition) is 3. The highest BCUT2D eigenvalue weighted by Crippen LogP contribution is 2.14. The van der Waals surface area contributed by atoms with E-state index in [-0.39, 0.29) is 5.91 Å². The Labute approximate surface area is 116 Å². The van der Waals surface area contributed by atoms with Crippen molar-refractivity contribution >= 4 is 5.91 Å². The maximum absolute atomic E-state index is 10.9. The second-order valence-electron chi connectivity index (χ2n) is 6.11. The first-order chi connectivity index (χ1) is 9.13. The number of carbonyl (C=O) groups excluding carboxylic acids is 1. The Morgan fingerprint density at radius 3 is 2.74 bits per heavy atom. The molecule has 4 N–H and O–H groups in total. The average molecular weight is 268 g/mol. The third-order valence-corrected chi connectivity index (χ3v) is 4.29. The van der Waals surface area contributed by atoms with Crippen LogP contribution < -0.4 is 16.4 Å². The molecule has 2 aliphatic heterocycles. The SMILES string of the molecule is CC(CC1CCCN1)NC1CCN(CC(N)=O)CC1. The molecule has 0 saturated carbocycles. The first-order valence-corrected chi connectivity index (χ1v) is 7.63. The molecule has 2 rings (SSSR count). The lowest BCUT2D eigenvalue weighted by Gasteiger charge is -2.33. The molecule has 0 aromatic rings. The van der Waals surface area contributed by atoms with Gasteiger partial charge >= 0.3 is 0 Å². The number of nitrogens with two attached hydrogens (primary N) is 1. The number of carbonyl (C=O) groups is 1.